The molecule has 4 rings (SSSR count). The molecular formula is C16H25N9O. The summed E-state index contributed by atoms with van der Waals surface area (Å²) in [5, 5.41) is 4.15. The van der Waals surface area contributed by atoms with Crippen LogP contribution in [0.4, 0.5) is 17.6 Å². The number of rotatable bonds is 5. The van der Waals surface area contributed by atoms with Crippen molar-refractivity contribution >= 4 is 17.6 Å². The lowest BCUT2D eigenvalue weighted by Crippen LogP contribution is -2.47. The summed E-state index contributed by atoms with van der Waals surface area (Å²) in [6.45, 7) is 8.80. The van der Waals surface area contributed by atoms with Gasteiger partial charge in [0.15, 0.2) is 0 Å². The number of ether oxygens (including phenoxy) is 1. The van der Waals surface area contributed by atoms with E-state index in [-0.39, 0.29) is 0 Å². The standard InChI is InChI=1S/C16H25N9O/c17-16-20-14(11-15(21-16)24-7-9-26-10-8-24)23-4-1-22(2-5-23)3-6-25-13-18-12-19-25/h11-13H,1-10H2,(H2,17,20,21). The topological polar surface area (TPSA) is 101 Å². The van der Waals surface area contributed by atoms with E-state index < -0.39 is 0 Å². The Kier molecular flexibility index (Phi) is 5.12. The smallest absolute Gasteiger partial charge is 0.223 e. The number of morpholine rings is 1. The molecule has 0 radical (unpaired) electrons. The lowest BCUT2D eigenvalue weighted by molar-refractivity contribution is 0.122. The van der Waals surface area contributed by atoms with Gasteiger partial charge in [0.05, 0.1) is 19.8 Å². The number of hydrogen-bond acceptors (Lipinski definition) is 9. The van der Waals surface area contributed by atoms with Gasteiger partial charge in [0.25, 0.3) is 0 Å². The number of nitrogens with two attached hydrogens (primary N) is 1. The largest absolute Gasteiger partial charge is 0.378 e. The number of nitrogen functional groups attached to an aromatic ring is 1. The normalized spacial score (nSPS) is 19.1. The second-order valence-corrected chi connectivity index (χ2v) is 6.53. The SMILES string of the molecule is Nc1nc(N2CCOCC2)cc(N2CCN(CCn3cncn3)CC2)n1. The van der Waals surface area contributed by atoms with Crippen molar-refractivity contribution in [2.45, 2.75) is 6.54 Å². The molecule has 0 spiro atoms. The van der Waals surface area contributed by atoms with Gasteiger partial charge < -0.3 is 20.3 Å². The Balaban J connectivity index is 1.35. The molecule has 2 saturated heterocycles. The van der Waals surface area contributed by atoms with E-state index in [1.807, 2.05) is 10.7 Å². The summed E-state index contributed by atoms with van der Waals surface area (Å²) in [5.74, 6) is 2.14. The molecule has 0 unspecified atom stereocenters. The first-order valence-electron chi connectivity index (χ1n) is 9.05. The van der Waals surface area contributed by atoms with Gasteiger partial charge >= 0.3 is 0 Å². The Morgan fingerprint density at radius 3 is 2.27 bits per heavy atom. The molecule has 2 fully saturated rings. The molecule has 10 nitrogen and oxygen atoms in total. The van der Waals surface area contributed by atoms with Gasteiger partial charge in [-0.25, -0.2) is 4.98 Å². The van der Waals surface area contributed by atoms with E-state index in [4.69, 9.17) is 10.5 Å². The van der Waals surface area contributed by atoms with E-state index in [1.54, 1.807) is 12.7 Å². The van der Waals surface area contributed by atoms with Crippen LogP contribution in [0.5, 0.6) is 0 Å². The van der Waals surface area contributed by atoms with Gasteiger partial charge in [-0.1, -0.05) is 0 Å². The second-order valence-electron chi connectivity index (χ2n) is 6.53. The number of hydrogen-bond donors (Lipinski definition) is 1. The Morgan fingerprint density at radius 2 is 1.62 bits per heavy atom. The van der Waals surface area contributed by atoms with Crippen molar-refractivity contribution in [3.8, 4) is 0 Å². The summed E-state index contributed by atoms with van der Waals surface area (Å²) in [5.41, 5.74) is 5.97. The van der Waals surface area contributed by atoms with Crippen molar-refractivity contribution in [2.24, 2.45) is 0 Å². The molecule has 10 heteroatoms. The van der Waals surface area contributed by atoms with Crippen LogP contribution in [-0.2, 0) is 11.3 Å². The molecule has 2 aliphatic heterocycles. The minimum Gasteiger partial charge on any atom is -0.378 e. The highest BCUT2D eigenvalue weighted by atomic mass is 16.5. The molecule has 4 heterocycles. The minimum absolute atomic E-state index is 0.331. The first-order valence-corrected chi connectivity index (χ1v) is 9.05. The summed E-state index contributed by atoms with van der Waals surface area (Å²) in [6.07, 6.45) is 3.33. The molecule has 2 aliphatic rings. The highest BCUT2D eigenvalue weighted by Gasteiger charge is 2.21. The fourth-order valence-corrected chi connectivity index (χ4v) is 3.35. The second kappa shape index (κ2) is 7.83. The maximum absolute atomic E-state index is 5.97. The number of aromatic nitrogens is 5. The van der Waals surface area contributed by atoms with Crippen LogP contribution >= 0.6 is 0 Å². The first kappa shape index (κ1) is 17.0. The van der Waals surface area contributed by atoms with Crippen LogP contribution in [-0.4, -0.2) is 88.7 Å². The van der Waals surface area contributed by atoms with Crippen LogP contribution in [0.2, 0.25) is 0 Å². The maximum Gasteiger partial charge on any atom is 0.223 e. The predicted octanol–water partition coefficient (Wildman–Crippen LogP) is -0.691. The van der Waals surface area contributed by atoms with Crippen LogP contribution in [0, 0.1) is 0 Å². The van der Waals surface area contributed by atoms with E-state index in [1.165, 1.54) is 0 Å². The highest BCUT2D eigenvalue weighted by Crippen LogP contribution is 2.22. The van der Waals surface area contributed by atoms with Gasteiger partial charge in [0.1, 0.15) is 24.3 Å². The van der Waals surface area contributed by atoms with Crippen LogP contribution in [0.1, 0.15) is 0 Å². The number of nitrogens with zero attached hydrogens (tertiary/aromatic N) is 8. The van der Waals surface area contributed by atoms with Crippen LogP contribution in [0.25, 0.3) is 0 Å². The van der Waals surface area contributed by atoms with Gasteiger partial charge in [0, 0.05) is 51.9 Å². The molecule has 26 heavy (non-hydrogen) atoms. The summed E-state index contributed by atoms with van der Waals surface area (Å²) in [6, 6.07) is 2.05. The molecular weight excluding hydrogens is 334 g/mol. The zero-order chi connectivity index (χ0) is 17.8. The van der Waals surface area contributed by atoms with Gasteiger partial charge in [-0.2, -0.15) is 15.1 Å². The highest BCUT2D eigenvalue weighted by molar-refractivity contribution is 5.54. The van der Waals surface area contributed by atoms with Crippen LogP contribution in [0.15, 0.2) is 18.7 Å². The maximum atomic E-state index is 5.97. The number of piperazine rings is 1. The van der Waals surface area contributed by atoms with Gasteiger partial charge in [-0.05, 0) is 0 Å². The molecule has 2 aromatic heterocycles. The summed E-state index contributed by atoms with van der Waals surface area (Å²) < 4.78 is 7.28. The summed E-state index contributed by atoms with van der Waals surface area (Å²) >= 11 is 0. The third-order valence-corrected chi connectivity index (χ3v) is 4.86. The van der Waals surface area contributed by atoms with Crippen molar-refractivity contribution in [2.75, 3.05) is 74.6 Å². The molecule has 0 bridgehead atoms. The predicted molar refractivity (Wildman–Crippen MR) is 98.2 cm³/mol. The fraction of sp³-hybridized carbons (Fsp3) is 0.625. The van der Waals surface area contributed by atoms with Crippen molar-refractivity contribution < 1.29 is 4.74 Å². The van der Waals surface area contributed by atoms with E-state index in [9.17, 15) is 0 Å². The Hall–Kier alpha value is -2.46. The Labute approximate surface area is 152 Å². The van der Waals surface area contributed by atoms with Crippen molar-refractivity contribution in [3.05, 3.63) is 18.7 Å². The molecule has 2 aromatic rings. The molecule has 0 aliphatic carbocycles. The quantitative estimate of drug-likeness (QED) is 0.743. The molecule has 140 valence electrons. The van der Waals surface area contributed by atoms with E-state index >= 15 is 0 Å². The van der Waals surface area contributed by atoms with Gasteiger partial charge in [-0.3, -0.25) is 9.58 Å². The zero-order valence-corrected chi connectivity index (χ0v) is 14.9. The van der Waals surface area contributed by atoms with E-state index in [0.29, 0.717) is 5.95 Å². The third kappa shape index (κ3) is 4.02. The summed E-state index contributed by atoms with van der Waals surface area (Å²) in [7, 11) is 0. The fourth-order valence-electron chi connectivity index (χ4n) is 3.35. The van der Waals surface area contributed by atoms with E-state index in [0.717, 1.165) is 77.2 Å². The third-order valence-electron chi connectivity index (χ3n) is 4.86. The van der Waals surface area contributed by atoms with Gasteiger partial charge in [-0.15, -0.1) is 0 Å². The van der Waals surface area contributed by atoms with Gasteiger partial charge in [0.2, 0.25) is 5.95 Å². The van der Waals surface area contributed by atoms with Crippen LogP contribution < -0.4 is 15.5 Å². The lowest BCUT2D eigenvalue weighted by Gasteiger charge is -2.36. The molecule has 2 N–H and O–H groups in total. The molecule has 0 aromatic carbocycles. The van der Waals surface area contributed by atoms with Crippen molar-refractivity contribution in [1.82, 2.24) is 29.6 Å². The van der Waals surface area contributed by atoms with Crippen molar-refractivity contribution in [1.29, 1.82) is 0 Å². The summed E-state index contributed by atoms with van der Waals surface area (Å²) in [4.78, 5) is 19.8. The van der Waals surface area contributed by atoms with E-state index in [2.05, 4.69) is 34.8 Å². The minimum atomic E-state index is 0.331. The molecule has 0 saturated carbocycles. The van der Waals surface area contributed by atoms with Crippen molar-refractivity contribution in [3.63, 3.8) is 0 Å². The first-order chi connectivity index (χ1) is 12.8. The molecule has 0 atom stereocenters. The average molecular weight is 359 g/mol. The lowest BCUT2D eigenvalue weighted by atomic mass is 10.3. The Bertz CT molecular complexity index is 694. The zero-order valence-electron chi connectivity index (χ0n) is 14.9. The monoisotopic (exact) mass is 359 g/mol. The average Bonchev–Trinajstić information content (AvgIpc) is 3.21. The van der Waals surface area contributed by atoms with Crippen LogP contribution in [0.3, 0.4) is 0 Å². The number of anilines is 3. The molecule has 0 amide bonds. The Morgan fingerprint density at radius 1 is 0.923 bits per heavy atom.